The predicted octanol–water partition coefficient (Wildman–Crippen LogP) is 3.01. The Labute approximate surface area is 161 Å². The van der Waals surface area contributed by atoms with Gasteiger partial charge in [-0.05, 0) is 37.3 Å². The van der Waals surface area contributed by atoms with Gasteiger partial charge < -0.3 is 14.5 Å². The molecule has 1 aliphatic heterocycles. The van der Waals surface area contributed by atoms with Gasteiger partial charge in [0.1, 0.15) is 17.2 Å². The monoisotopic (exact) mass is 391 g/mol. The second-order valence-electron chi connectivity index (χ2n) is 6.00. The lowest BCUT2D eigenvalue weighted by Crippen LogP contribution is -2.49. The first kappa shape index (κ1) is 19.1. The molecular formula is C19H19ClFN3O3. The summed E-state index contributed by atoms with van der Waals surface area (Å²) in [6.07, 6.45) is 1.62. The molecular weight excluding hydrogens is 373 g/mol. The number of aromatic nitrogens is 1. The van der Waals surface area contributed by atoms with Crippen LogP contribution in [0, 0.1) is 5.82 Å². The molecule has 142 valence electrons. The van der Waals surface area contributed by atoms with Crippen LogP contribution in [0.5, 0.6) is 0 Å². The van der Waals surface area contributed by atoms with E-state index in [0.717, 1.165) is 6.07 Å². The zero-order valence-electron chi connectivity index (χ0n) is 14.8. The van der Waals surface area contributed by atoms with Crippen LogP contribution in [-0.4, -0.2) is 54.5 Å². The van der Waals surface area contributed by atoms with E-state index in [1.54, 1.807) is 30.2 Å². The molecule has 0 unspecified atom stereocenters. The molecule has 0 spiro atoms. The highest BCUT2D eigenvalue weighted by Gasteiger charge is 2.26. The summed E-state index contributed by atoms with van der Waals surface area (Å²) >= 11 is 5.99. The number of rotatable bonds is 4. The van der Waals surface area contributed by atoms with Crippen LogP contribution in [0.25, 0.3) is 0 Å². The van der Waals surface area contributed by atoms with Gasteiger partial charge in [-0.2, -0.15) is 0 Å². The minimum absolute atomic E-state index is 0.0942. The second kappa shape index (κ2) is 8.35. The van der Waals surface area contributed by atoms with Crippen molar-refractivity contribution in [3.8, 4) is 0 Å². The van der Waals surface area contributed by atoms with Crippen LogP contribution in [0.4, 0.5) is 10.2 Å². The smallest absolute Gasteiger partial charge is 0.341 e. The zero-order valence-corrected chi connectivity index (χ0v) is 15.6. The average Bonchev–Trinajstić information content (AvgIpc) is 2.68. The van der Waals surface area contributed by atoms with Gasteiger partial charge in [0.15, 0.2) is 0 Å². The highest BCUT2D eigenvalue weighted by atomic mass is 35.5. The number of esters is 1. The summed E-state index contributed by atoms with van der Waals surface area (Å²) < 4.78 is 18.3. The molecule has 8 heteroatoms. The van der Waals surface area contributed by atoms with Crippen LogP contribution < -0.4 is 4.90 Å². The van der Waals surface area contributed by atoms with Crippen molar-refractivity contribution in [3.63, 3.8) is 0 Å². The molecule has 0 bridgehead atoms. The molecule has 1 saturated heterocycles. The second-order valence-corrected chi connectivity index (χ2v) is 6.41. The highest BCUT2D eigenvalue weighted by molar-refractivity contribution is 6.33. The Kier molecular flexibility index (Phi) is 5.91. The Balaban J connectivity index is 1.71. The van der Waals surface area contributed by atoms with Crippen LogP contribution >= 0.6 is 11.6 Å². The average molecular weight is 392 g/mol. The van der Waals surface area contributed by atoms with E-state index in [4.69, 9.17) is 16.3 Å². The van der Waals surface area contributed by atoms with Gasteiger partial charge in [-0.3, -0.25) is 4.79 Å². The molecule has 1 fully saturated rings. The lowest BCUT2D eigenvalue weighted by atomic mass is 10.1. The van der Waals surface area contributed by atoms with E-state index in [1.807, 2.05) is 4.90 Å². The third-order valence-corrected chi connectivity index (χ3v) is 4.62. The van der Waals surface area contributed by atoms with Crippen molar-refractivity contribution in [2.24, 2.45) is 0 Å². The fraction of sp³-hybridized carbons (Fsp3) is 0.316. The van der Waals surface area contributed by atoms with Gasteiger partial charge in [0, 0.05) is 32.4 Å². The van der Waals surface area contributed by atoms with E-state index >= 15 is 0 Å². The fourth-order valence-electron chi connectivity index (χ4n) is 2.97. The molecule has 1 aliphatic rings. The lowest BCUT2D eigenvalue weighted by Gasteiger charge is -2.36. The van der Waals surface area contributed by atoms with Gasteiger partial charge in [-0.1, -0.05) is 11.6 Å². The molecule has 2 heterocycles. The van der Waals surface area contributed by atoms with Gasteiger partial charge in [0.2, 0.25) is 0 Å². The van der Waals surface area contributed by atoms with E-state index in [1.165, 1.54) is 12.1 Å². The molecule has 6 nitrogen and oxygen atoms in total. The van der Waals surface area contributed by atoms with E-state index < -0.39 is 11.8 Å². The van der Waals surface area contributed by atoms with Gasteiger partial charge in [-0.15, -0.1) is 0 Å². The Morgan fingerprint density at radius 1 is 1.19 bits per heavy atom. The third kappa shape index (κ3) is 4.19. The Bertz CT molecular complexity index is 854. The molecule has 0 N–H and O–H groups in total. The first-order valence-electron chi connectivity index (χ1n) is 8.62. The summed E-state index contributed by atoms with van der Waals surface area (Å²) in [5.41, 5.74) is 0.678. The number of carbonyl (C=O) groups excluding carboxylic acids is 2. The number of hydrogen-bond acceptors (Lipinski definition) is 5. The minimum atomic E-state index is -0.483. The van der Waals surface area contributed by atoms with E-state index in [2.05, 4.69) is 4.98 Å². The third-order valence-electron chi connectivity index (χ3n) is 4.31. The molecule has 1 amide bonds. The number of amides is 1. The first-order chi connectivity index (χ1) is 13.0. The van der Waals surface area contributed by atoms with Gasteiger partial charge in [0.25, 0.3) is 5.91 Å². The number of benzene rings is 1. The summed E-state index contributed by atoms with van der Waals surface area (Å²) in [6.45, 7) is 3.92. The first-order valence-corrected chi connectivity index (χ1v) is 9.00. The molecule has 0 aliphatic carbocycles. The van der Waals surface area contributed by atoms with Crippen LogP contribution in [0.1, 0.15) is 27.6 Å². The van der Waals surface area contributed by atoms with Crippen molar-refractivity contribution in [2.75, 3.05) is 37.7 Å². The largest absolute Gasteiger partial charge is 0.462 e. The van der Waals surface area contributed by atoms with Crippen molar-refractivity contribution in [1.29, 1.82) is 0 Å². The number of ether oxygens (including phenoxy) is 1. The van der Waals surface area contributed by atoms with Gasteiger partial charge in [0.05, 0.1) is 17.2 Å². The van der Waals surface area contributed by atoms with Crippen LogP contribution in [0.15, 0.2) is 36.5 Å². The summed E-state index contributed by atoms with van der Waals surface area (Å²) in [5.74, 6) is -0.602. The summed E-state index contributed by atoms with van der Waals surface area (Å²) in [7, 11) is 0. The number of hydrogen-bond donors (Lipinski definition) is 0. The molecule has 1 aromatic heterocycles. The van der Waals surface area contributed by atoms with E-state index in [9.17, 15) is 14.0 Å². The van der Waals surface area contributed by atoms with Crippen molar-refractivity contribution in [3.05, 3.63) is 58.5 Å². The van der Waals surface area contributed by atoms with Crippen molar-refractivity contribution in [2.45, 2.75) is 6.92 Å². The zero-order chi connectivity index (χ0) is 19.4. The molecule has 3 rings (SSSR count). The molecule has 0 saturated carbocycles. The van der Waals surface area contributed by atoms with Crippen molar-refractivity contribution >= 4 is 29.3 Å². The Morgan fingerprint density at radius 3 is 2.59 bits per heavy atom. The fourth-order valence-corrected chi connectivity index (χ4v) is 3.22. The van der Waals surface area contributed by atoms with Crippen molar-refractivity contribution < 1.29 is 18.7 Å². The highest BCUT2D eigenvalue weighted by Crippen LogP contribution is 2.23. The number of pyridine rings is 1. The minimum Gasteiger partial charge on any atom is -0.462 e. The summed E-state index contributed by atoms with van der Waals surface area (Å²) in [6, 6.07) is 7.10. The summed E-state index contributed by atoms with van der Waals surface area (Å²) in [5, 5.41) is 0.0942. The SMILES string of the molecule is CCOC(=O)c1cccnc1N1CCN(C(=O)c2ccc(F)cc2Cl)CC1. The van der Waals surface area contributed by atoms with E-state index in [-0.39, 0.29) is 23.1 Å². The van der Waals surface area contributed by atoms with Crippen LogP contribution in [0.2, 0.25) is 5.02 Å². The number of piperazine rings is 1. The molecule has 27 heavy (non-hydrogen) atoms. The normalized spacial score (nSPS) is 14.2. The quantitative estimate of drug-likeness (QED) is 0.750. The maximum Gasteiger partial charge on any atom is 0.341 e. The van der Waals surface area contributed by atoms with E-state index in [0.29, 0.717) is 37.6 Å². The Hall–Kier alpha value is -2.67. The maximum absolute atomic E-state index is 13.2. The lowest BCUT2D eigenvalue weighted by molar-refractivity contribution is 0.0525. The predicted molar refractivity (Wildman–Crippen MR) is 99.7 cm³/mol. The number of carbonyl (C=O) groups is 2. The topological polar surface area (TPSA) is 62.7 Å². The van der Waals surface area contributed by atoms with Gasteiger partial charge in [-0.25, -0.2) is 14.2 Å². The number of halogens is 2. The van der Waals surface area contributed by atoms with Crippen molar-refractivity contribution in [1.82, 2.24) is 9.88 Å². The standard InChI is InChI=1S/C19H19ClFN3O3/c1-2-27-19(26)15-4-3-7-22-17(15)23-8-10-24(11-9-23)18(25)14-6-5-13(21)12-16(14)20/h3-7,12H,2,8-11H2,1H3. The number of anilines is 1. The molecule has 0 atom stereocenters. The van der Waals surface area contributed by atoms with Gasteiger partial charge >= 0.3 is 5.97 Å². The maximum atomic E-state index is 13.2. The molecule has 0 radical (unpaired) electrons. The number of nitrogens with zero attached hydrogens (tertiary/aromatic N) is 3. The summed E-state index contributed by atoms with van der Waals surface area (Å²) in [4.78, 5) is 32.7. The Morgan fingerprint density at radius 2 is 1.93 bits per heavy atom. The molecule has 2 aromatic rings. The molecule has 1 aromatic carbocycles. The van der Waals surface area contributed by atoms with Crippen LogP contribution in [0.3, 0.4) is 0 Å². The van der Waals surface area contributed by atoms with Crippen LogP contribution in [-0.2, 0) is 4.74 Å².